The van der Waals surface area contributed by atoms with E-state index in [1.54, 1.807) is 0 Å². The molecule has 0 aromatic carbocycles. The third-order valence-corrected chi connectivity index (χ3v) is 11.2. The van der Waals surface area contributed by atoms with Gasteiger partial charge in [0.25, 0.3) is 11.6 Å². The molecule has 2 aliphatic heterocycles. The van der Waals surface area contributed by atoms with E-state index in [1.165, 1.54) is 0 Å². The second kappa shape index (κ2) is 31.5. The molecule has 0 aromatic rings. The molecule has 0 spiro atoms. The summed E-state index contributed by atoms with van der Waals surface area (Å²) in [6.07, 6.45) is -11.3. The lowest BCUT2D eigenvalue weighted by atomic mass is 9.88. The normalized spacial score (nSPS) is 24.5. The van der Waals surface area contributed by atoms with Gasteiger partial charge in [0.2, 0.25) is 11.8 Å². The molecule has 2 fully saturated rings. The molecule has 2 heterocycles. The van der Waals surface area contributed by atoms with Crippen molar-refractivity contribution in [2.45, 2.75) is 193 Å². The van der Waals surface area contributed by atoms with Gasteiger partial charge in [-0.25, -0.2) is 9.59 Å². The fraction of sp³-hybridized carbons (Fsp3) is 0.750. The third kappa shape index (κ3) is 21.2. The molecule has 2 saturated heterocycles. The van der Waals surface area contributed by atoms with Crippen LogP contribution < -0.4 is 10.6 Å². The quantitative estimate of drug-likeness (QED) is 0.0581. The van der Waals surface area contributed by atoms with Gasteiger partial charge in [0, 0.05) is 69.2 Å². The number of methoxy groups -OCH3 is 2. The molecule has 0 bridgehead atoms. The van der Waals surface area contributed by atoms with E-state index >= 15 is 0 Å². The lowest BCUT2D eigenvalue weighted by Crippen LogP contribution is -2.69. The van der Waals surface area contributed by atoms with Crippen LogP contribution in [0.1, 0.15) is 121 Å². The molecule has 0 aliphatic carbocycles. The summed E-state index contributed by atoms with van der Waals surface area (Å²) in [4.78, 5) is 151. The van der Waals surface area contributed by atoms with E-state index < -0.39 is 170 Å². The standard InChI is InChI=1S/C48H72N2O26/c1-25(51)49-39-35(69-29(5)55)21-47(45(61)63-11,75-43(39)41(73-33(9)59)37(71-31(7)57)23-65-27(3)53)67-19-17-15-13-14-16-18-20-68-48(46(62)64-12)22-36(70-30(6)56)40(50-26(2)52)44(76-48)42(74-34(10)60)38(72-32(8)58)24-66-28(4)54/h35-44H,13-24H2,1-12H3,(H,49,51)(H,50,52)/t35-,36-,37+,38+,39+,40+,41+,42+,43+,44+,47+,48+/m0/s1. The molecule has 2 aliphatic rings. The van der Waals surface area contributed by atoms with Gasteiger partial charge in [-0.3, -0.25) is 47.9 Å². The highest BCUT2D eigenvalue weighted by atomic mass is 16.8. The summed E-state index contributed by atoms with van der Waals surface area (Å²) in [6.45, 7) is 8.91. The van der Waals surface area contributed by atoms with Gasteiger partial charge in [0.15, 0.2) is 24.4 Å². The van der Waals surface area contributed by atoms with Crippen molar-refractivity contribution in [2.75, 3.05) is 40.6 Å². The monoisotopic (exact) mass is 1090 g/mol. The smallest absolute Gasteiger partial charge is 0.366 e. The summed E-state index contributed by atoms with van der Waals surface area (Å²) < 4.78 is 78.2. The lowest BCUT2D eigenvalue weighted by molar-refractivity contribution is -0.314. The Hall–Kier alpha value is -6.52. The minimum absolute atomic E-state index is 0.182. The molecule has 12 atom stereocenters. The van der Waals surface area contributed by atoms with Crippen molar-refractivity contribution in [3.8, 4) is 0 Å². The summed E-state index contributed by atoms with van der Waals surface area (Å²) in [5, 5.41) is 5.17. The number of unbranched alkanes of at least 4 members (excludes halogenated alkanes) is 5. The van der Waals surface area contributed by atoms with Crippen LogP contribution in [0, 0.1) is 0 Å². The fourth-order valence-corrected chi connectivity index (χ4v) is 8.48. The number of carbonyl (C=O) groups excluding carboxylic acids is 12. The van der Waals surface area contributed by atoms with Gasteiger partial charge in [-0.1, -0.05) is 25.7 Å². The molecule has 28 nitrogen and oxygen atoms in total. The van der Waals surface area contributed by atoms with Crippen LogP contribution in [0.15, 0.2) is 0 Å². The van der Waals surface area contributed by atoms with Crippen LogP contribution in [0.5, 0.6) is 0 Å². The second-order valence-corrected chi connectivity index (χ2v) is 17.7. The van der Waals surface area contributed by atoms with Gasteiger partial charge < -0.3 is 76.9 Å². The van der Waals surface area contributed by atoms with E-state index in [9.17, 15) is 57.5 Å². The van der Waals surface area contributed by atoms with E-state index in [0.29, 0.717) is 25.7 Å². The maximum absolute atomic E-state index is 13.7. The second-order valence-electron chi connectivity index (χ2n) is 17.7. The molecule has 0 saturated carbocycles. The molecule has 0 unspecified atom stereocenters. The number of ether oxygens (including phenoxy) is 14. The van der Waals surface area contributed by atoms with Crippen LogP contribution in [0.2, 0.25) is 0 Å². The Morgan fingerprint density at radius 1 is 0.447 bits per heavy atom. The molecule has 2 amide bonds. The summed E-state index contributed by atoms with van der Waals surface area (Å²) in [6, 6.07) is -2.76. The zero-order chi connectivity index (χ0) is 57.5. The fourth-order valence-electron chi connectivity index (χ4n) is 8.48. The van der Waals surface area contributed by atoms with Crippen molar-refractivity contribution in [2.24, 2.45) is 0 Å². The molecular weight excluding hydrogens is 1020 g/mol. The van der Waals surface area contributed by atoms with Crippen LogP contribution in [0.25, 0.3) is 0 Å². The summed E-state index contributed by atoms with van der Waals surface area (Å²) in [7, 11) is 2.06. The first kappa shape index (κ1) is 65.6. The first-order valence-corrected chi connectivity index (χ1v) is 24.2. The first-order chi connectivity index (χ1) is 35.6. The van der Waals surface area contributed by atoms with Gasteiger partial charge in [-0.2, -0.15) is 0 Å². The average molecular weight is 1090 g/mol. The zero-order valence-electron chi connectivity index (χ0n) is 44.9. The Labute approximate surface area is 439 Å². The van der Waals surface area contributed by atoms with Crippen LogP contribution in [-0.2, 0) is 124 Å². The van der Waals surface area contributed by atoms with Gasteiger partial charge in [0.1, 0.15) is 37.6 Å². The molecule has 76 heavy (non-hydrogen) atoms. The van der Waals surface area contributed by atoms with Crippen LogP contribution in [0.3, 0.4) is 0 Å². The third-order valence-electron chi connectivity index (χ3n) is 11.2. The van der Waals surface area contributed by atoms with Gasteiger partial charge in [-0.05, 0) is 12.8 Å². The van der Waals surface area contributed by atoms with E-state index in [-0.39, 0.29) is 26.1 Å². The van der Waals surface area contributed by atoms with Crippen molar-refractivity contribution in [1.82, 2.24) is 10.6 Å². The molecule has 430 valence electrons. The summed E-state index contributed by atoms with van der Waals surface area (Å²) in [5.74, 6) is -15.3. The van der Waals surface area contributed by atoms with Gasteiger partial charge in [-0.15, -0.1) is 0 Å². The minimum Gasteiger partial charge on any atom is -0.465 e. The summed E-state index contributed by atoms with van der Waals surface area (Å²) in [5.41, 5.74) is 0. The van der Waals surface area contributed by atoms with Crippen molar-refractivity contribution in [3.05, 3.63) is 0 Å². The SMILES string of the molecule is COC(=O)[C@@]1(OCCCCCCCCO[C@]2(C(=O)OC)C[C@H](OC(C)=O)[C@@H](NC(C)=O)[C@H]([C@H](OC(C)=O)[C@@H](COC(C)=O)OC(C)=O)O2)C[C@H](OC(C)=O)[C@@H](NC(C)=O)[C@H]([C@H](OC(C)=O)[C@@H](COC(C)=O)OC(C)=O)O1. The Kier molecular flexibility index (Phi) is 27.2. The Morgan fingerprint density at radius 3 is 1.03 bits per heavy atom. The van der Waals surface area contributed by atoms with Crippen LogP contribution in [0.4, 0.5) is 0 Å². The largest absolute Gasteiger partial charge is 0.465 e. The van der Waals surface area contributed by atoms with Gasteiger partial charge in [0.05, 0.1) is 52.4 Å². The molecule has 0 radical (unpaired) electrons. The molecule has 2 rings (SSSR count). The van der Waals surface area contributed by atoms with Crippen molar-refractivity contribution in [3.63, 3.8) is 0 Å². The number of carbonyl (C=O) groups is 12. The average Bonchev–Trinajstić information content (AvgIpc) is 3.30. The topological polar surface area (TPSA) is 358 Å². The van der Waals surface area contributed by atoms with E-state index in [1.807, 2.05) is 0 Å². The molecule has 0 aromatic heterocycles. The number of rotatable bonds is 29. The maximum atomic E-state index is 13.7. The highest BCUT2D eigenvalue weighted by Crippen LogP contribution is 2.39. The number of amides is 2. The van der Waals surface area contributed by atoms with Crippen molar-refractivity contribution in [1.29, 1.82) is 0 Å². The predicted molar refractivity (Wildman–Crippen MR) is 250 cm³/mol. The highest BCUT2D eigenvalue weighted by molar-refractivity contribution is 5.80. The number of esters is 10. The molecule has 2 N–H and O–H groups in total. The Bertz CT molecular complexity index is 1920. The van der Waals surface area contributed by atoms with E-state index in [4.69, 9.17) is 66.3 Å². The zero-order valence-corrected chi connectivity index (χ0v) is 44.9. The Morgan fingerprint density at radius 2 is 0.763 bits per heavy atom. The van der Waals surface area contributed by atoms with E-state index in [2.05, 4.69) is 10.6 Å². The molecule has 28 heteroatoms. The van der Waals surface area contributed by atoms with Crippen molar-refractivity contribution < 1.29 is 124 Å². The highest BCUT2D eigenvalue weighted by Gasteiger charge is 2.61. The predicted octanol–water partition coefficient (Wildman–Crippen LogP) is 0.402. The van der Waals surface area contributed by atoms with Crippen LogP contribution in [-0.4, -0.2) is 185 Å². The summed E-state index contributed by atoms with van der Waals surface area (Å²) >= 11 is 0. The minimum atomic E-state index is -2.39. The number of hydrogen-bond acceptors (Lipinski definition) is 26. The maximum Gasteiger partial charge on any atom is 0.366 e. The van der Waals surface area contributed by atoms with Crippen LogP contribution >= 0.6 is 0 Å². The van der Waals surface area contributed by atoms with Gasteiger partial charge >= 0.3 is 59.7 Å². The molecular formula is C48H72N2O26. The lowest BCUT2D eigenvalue weighted by Gasteiger charge is -2.48. The number of nitrogens with one attached hydrogen (secondary N) is 2. The Balaban J connectivity index is 2.37. The number of hydrogen-bond donors (Lipinski definition) is 2. The van der Waals surface area contributed by atoms with E-state index in [0.717, 1.165) is 83.5 Å². The van der Waals surface area contributed by atoms with Crippen molar-refractivity contribution >= 4 is 71.5 Å². The first-order valence-electron chi connectivity index (χ1n) is 24.2.